The summed E-state index contributed by atoms with van der Waals surface area (Å²) >= 11 is 0. The predicted molar refractivity (Wildman–Crippen MR) is 35.8 cm³/mol. The number of hydrogen-bond donors (Lipinski definition) is 1. The van der Waals surface area contributed by atoms with E-state index in [2.05, 4.69) is 0 Å². The van der Waals surface area contributed by atoms with E-state index < -0.39 is 0 Å². The zero-order chi connectivity index (χ0) is 6.57. The maximum Gasteiger partial charge on any atom is 0.0908 e. The first-order valence-corrected chi connectivity index (χ1v) is 3.07. The summed E-state index contributed by atoms with van der Waals surface area (Å²) in [5.41, 5.74) is 0. The summed E-state index contributed by atoms with van der Waals surface area (Å²) in [6.45, 7) is 5.96. The molecule has 1 heteroatoms. The molecule has 0 aliphatic carbocycles. The molecule has 8 heavy (non-hydrogen) atoms. The van der Waals surface area contributed by atoms with Crippen LogP contribution in [0.15, 0.2) is 11.8 Å². The fourth-order valence-electron chi connectivity index (χ4n) is 0.445. The van der Waals surface area contributed by atoms with Gasteiger partial charge in [-0.15, -0.1) is 0 Å². The van der Waals surface area contributed by atoms with Gasteiger partial charge in [0.15, 0.2) is 0 Å². The van der Waals surface area contributed by atoms with Crippen LogP contribution in [0.3, 0.4) is 0 Å². The molecule has 0 aromatic heterocycles. The highest BCUT2D eigenvalue weighted by Gasteiger charge is 1.95. The lowest BCUT2D eigenvalue weighted by Gasteiger charge is -2.00. The molecule has 48 valence electrons. The Morgan fingerprint density at radius 1 is 1.62 bits per heavy atom. The molecule has 0 amide bonds. The zero-order valence-corrected chi connectivity index (χ0v) is 5.81. The first kappa shape index (κ1) is 7.54. The lowest BCUT2D eigenvalue weighted by atomic mass is 10.1. The van der Waals surface area contributed by atoms with Gasteiger partial charge in [0, 0.05) is 5.92 Å². The van der Waals surface area contributed by atoms with Gasteiger partial charge in [-0.2, -0.15) is 0 Å². The van der Waals surface area contributed by atoms with E-state index in [9.17, 15) is 0 Å². The molecule has 0 bridgehead atoms. The van der Waals surface area contributed by atoms with E-state index in [0.717, 1.165) is 6.42 Å². The lowest BCUT2D eigenvalue weighted by molar-refractivity contribution is 0.349. The molecule has 0 unspecified atom stereocenters. The van der Waals surface area contributed by atoms with Crippen molar-refractivity contribution in [2.24, 2.45) is 5.92 Å². The summed E-state index contributed by atoms with van der Waals surface area (Å²) in [6.07, 6.45) is 2.76. The second-order valence-corrected chi connectivity index (χ2v) is 2.19. The third kappa shape index (κ3) is 2.67. The molecule has 0 atom stereocenters. The lowest BCUT2D eigenvalue weighted by Crippen LogP contribution is -1.90. The van der Waals surface area contributed by atoms with Crippen molar-refractivity contribution >= 4 is 0 Å². The molecule has 0 aromatic carbocycles. The zero-order valence-electron chi connectivity index (χ0n) is 5.81. The minimum Gasteiger partial charge on any atom is -0.512 e. The Morgan fingerprint density at radius 2 is 2.12 bits per heavy atom. The average molecular weight is 114 g/mol. The molecule has 0 aromatic rings. The number of aliphatic hydroxyl groups is 1. The van der Waals surface area contributed by atoms with E-state index in [1.807, 2.05) is 26.8 Å². The van der Waals surface area contributed by atoms with Crippen molar-refractivity contribution in [2.45, 2.75) is 27.2 Å². The Balaban J connectivity index is 3.61. The molecule has 0 saturated carbocycles. The van der Waals surface area contributed by atoms with E-state index in [1.165, 1.54) is 0 Å². The summed E-state index contributed by atoms with van der Waals surface area (Å²) in [4.78, 5) is 0. The maximum absolute atomic E-state index is 8.99. The minimum absolute atomic E-state index is 0.287. The second-order valence-electron chi connectivity index (χ2n) is 2.19. The van der Waals surface area contributed by atoms with E-state index in [4.69, 9.17) is 5.11 Å². The van der Waals surface area contributed by atoms with Crippen molar-refractivity contribution in [2.75, 3.05) is 0 Å². The van der Waals surface area contributed by atoms with Gasteiger partial charge in [-0.25, -0.2) is 0 Å². The Morgan fingerprint density at radius 3 is 2.25 bits per heavy atom. The van der Waals surface area contributed by atoms with Crippen molar-refractivity contribution in [3.8, 4) is 0 Å². The monoisotopic (exact) mass is 114 g/mol. The van der Waals surface area contributed by atoms with Crippen molar-refractivity contribution in [3.05, 3.63) is 11.8 Å². The Labute approximate surface area is 51.0 Å². The number of allylic oxidation sites excluding steroid dienone is 2. The van der Waals surface area contributed by atoms with Crippen LogP contribution in [0, 0.1) is 5.92 Å². The van der Waals surface area contributed by atoms with Crippen LogP contribution in [0.2, 0.25) is 0 Å². The smallest absolute Gasteiger partial charge is 0.0908 e. The van der Waals surface area contributed by atoms with Crippen LogP contribution in [0.5, 0.6) is 0 Å². The molecule has 0 heterocycles. The van der Waals surface area contributed by atoms with Crippen LogP contribution in [0.25, 0.3) is 0 Å². The number of aliphatic hydroxyl groups excluding tert-OH is 1. The first-order valence-electron chi connectivity index (χ1n) is 3.07. The fourth-order valence-corrected chi connectivity index (χ4v) is 0.445. The van der Waals surface area contributed by atoms with E-state index in [1.54, 1.807) is 0 Å². The predicted octanol–water partition coefficient (Wildman–Crippen LogP) is 2.49. The first-order chi connectivity index (χ1) is 3.68. The van der Waals surface area contributed by atoms with Gasteiger partial charge >= 0.3 is 0 Å². The Bertz CT molecular complexity index is 82.4. The number of rotatable bonds is 2. The van der Waals surface area contributed by atoms with Gasteiger partial charge in [0.05, 0.1) is 5.76 Å². The van der Waals surface area contributed by atoms with Crippen LogP contribution < -0.4 is 0 Å². The molecule has 0 spiro atoms. The summed E-state index contributed by atoms with van der Waals surface area (Å²) in [5, 5.41) is 8.99. The summed E-state index contributed by atoms with van der Waals surface area (Å²) in [6, 6.07) is 0. The third-order valence-electron chi connectivity index (χ3n) is 1.00. The molecule has 0 rings (SSSR count). The van der Waals surface area contributed by atoms with Gasteiger partial charge in [-0.05, 0) is 12.5 Å². The van der Waals surface area contributed by atoms with Gasteiger partial charge in [0.2, 0.25) is 0 Å². The molecule has 1 N–H and O–H groups in total. The fraction of sp³-hybridized carbons (Fsp3) is 0.714. The van der Waals surface area contributed by atoms with Gasteiger partial charge in [0.25, 0.3) is 0 Å². The third-order valence-corrected chi connectivity index (χ3v) is 1.00. The molecule has 0 aliphatic heterocycles. The highest BCUT2D eigenvalue weighted by atomic mass is 16.3. The van der Waals surface area contributed by atoms with Gasteiger partial charge in [0.1, 0.15) is 0 Å². The molecule has 0 fully saturated rings. The maximum atomic E-state index is 8.99. The average Bonchev–Trinajstić information content (AvgIpc) is 1.67. The molecule has 0 saturated heterocycles. The van der Waals surface area contributed by atoms with Gasteiger partial charge in [-0.1, -0.05) is 20.8 Å². The van der Waals surface area contributed by atoms with E-state index in [-0.39, 0.29) is 5.92 Å². The highest BCUT2D eigenvalue weighted by molar-refractivity contribution is 4.92. The topological polar surface area (TPSA) is 20.2 Å². The van der Waals surface area contributed by atoms with Gasteiger partial charge in [-0.3, -0.25) is 0 Å². The van der Waals surface area contributed by atoms with Crippen LogP contribution in [0.4, 0.5) is 0 Å². The molecule has 1 nitrogen and oxygen atoms in total. The van der Waals surface area contributed by atoms with Crippen LogP contribution >= 0.6 is 0 Å². The largest absolute Gasteiger partial charge is 0.512 e. The van der Waals surface area contributed by atoms with Crippen molar-refractivity contribution in [1.29, 1.82) is 0 Å². The van der Waals surface area contributed by atoms with Gasteiger partial charge < -0.3 is 5.11 Å². The summed E-state index contributed by atoms with van der Waals surface area (Å²) in [5.74, 6) is 0.794. The normalized spacial score (nSPS) is 12.8. The Hall–Kier alpha value is -0.460. The van der Waals surface area contributed by atoms with Crippen LogP contribution in [0.1, 0.15) is 27.2 Å². The molecular weight excluding hydrogens is 100 g/mol. The van der Waals surface area contributed by atoms with Crippen molar-refractivity contribution in [3.63, 3.8) is 0 Å². The quantitative estimate of drug-likeness (QED) is 0.547. The van der Waals surface area contributed by atoms with E-state index >= 15 is 0 Å². The second kappa shape index (κ2) is 3.53. The Kier molecular flexibility index (Phi) is 3.33. The molecule has 0 aliphatic rings. The number of hydrogen-bond acceptors (Lipinski definition) is 1. The SMILES string of the molecule is CC/C=C(\O)C(C)C. The molecule has 0 radical (unpaired) electrons. The standard InChI is InChI=1S/C7H14O/c1-4-5-7(8)6(2)3/h5-6,8H,4H2,1-3H3/b7-5-. The minimum atomic E-state index is 0.287. The van der Waals surface area contributed by atoms with Crippen molar-refractivity contribution in [1.82, 2.24) is 0 Å². The highest BCUT2D eigenvalue weighted by Crippen LogP contribution is 2.04. The van der Waals surface area contributed by atoms with E-state index in [0.29, 0.717) is 5.76 Å². The summed E-state index contributed by atoms with van der Waals surface area (Å²) in [7, 11) is 0. The summed E-state index contributed by atoms with van der Waals surface area (Å²) < 4.78 is 0. The van der Waals surface area contributed by atoms with Crippen LogP contribution in [-0.4, -0.2) is 5.11 Å². The van der Waals surface area contributed by atoms with Crippen molar-refractivity contribution < 1.29 is 5.11 Å². The molecular formula is C7H14O. The van der Waals surface area contributed by atoms with Crippen LogP contribution in [-0.2, 0) is 0 Å².